The largest absolute Gasteiger partial charge is 0.379 e. The fraction of sp³-hybridized carbons (Fsp3) is 0.391. The van der Waals surface area contributed by atoms with Crippen LogP contribution in [0.5, 0.6) is 0 Å². The summed E-state index contributed by atoms with van der Waals surface area (Å²) < 4.78 is 5.48. The van der Waals surface area contributed by atoms with Crippen LogP contribution >= 0.6 is 22.7 Å². The number of benzene rings is 1. The fourth-order valence-electron chi connectivity index (χ4n) is 3.70. The number of nitrogens with zero attached hydrogens (tertiary/aromatic N) is 3. The molecular weight excluding hydrogens is 414 g/mol. The van der Waals surface area contributed by atoms with Gasteiger partial charge in [0.25, 0.3) is 5.91 Å². The maximum absolute atomic E-state index is 13.7. The third-order valence-electron chi connectivity index (χ3n) is 5.37. The molecule has 1 aliphatic heterocycles. The molecule has 7 heteroatoms. The Morgan fingerprint density at radius 2 is 2.00 bits per heavy atom. The minimum absolute atomic E-state index is 0.0658. The summed E-state index contributed by atoms with van der Waals surface area (Å²) in [4.78, 5) is 23.5. The molecule has 1 aromatic carbocycles. The van der Waals surface area contributed by atoms with Crippen LogP contribution in [0.15, 0.2) is 47.2 Å². The molecule has 1 atom stereocenters. The normalized spacial score (nSPS) is 15.8. The van der Waals surface area contributed by atoms with Crippen LogP contribution in [-0.2, 0) is 11.3 Å². The summed E-state index contributed by atoms with van der Waals surface area (Å²) in [6, 6.07) is 12.4. The monoisotopic (exact) mass is 441 g/mol. The van der Waals surface area contributed by atoms with E-state index in [1.54, 1.807) is 11.3 Å². The smallest absolute Gasteiger partial charge is 0.266 e. The Morgan fingerprint density at radius 3 is 2.70 bits per heavy atom. The second-order valence-corrected chi connectivity index (χ2v) is 9.41. The van der Waals surface area contributed by atoms with E-state index in [-0.39, 0.29) is 11.9 Å². The minimum atomic E-state index is 0.0658. The van der Waals surface area contributed by atoms with Crippen molar-refractivity contribution in [2.75, 3.05) is 32.8 Å². The van der Waals surface area contributed by atoms with Crippen molar-refractivity contribution in [3.05, 3.63) is 63.3 Å². The summed E-state index contributed by atoms with van der Waals surface area (Å²) in [5, 5.41) is 5.03. The van der Waals surface area contributed by atoms with Crippen molar-refractivity contribution in [3.63, 3.8) is 0 Å². The van der Waals surface area contributed by atoms with Gasteiger partial charge in [-0.25, -0.2) is 4.98 Å². The van der Waals surface area contributed by atoms with Crippen LogP contribution < -0.4 is 0 Å². The van der Waals surface area contributed by atoms with Crippen molar-refractivity contribution in [1.82, 2.24) is 14.8 Å². The Balaban J connectivity index is 1.58. The van der Waals surface area contributed by atoms with Crippen molar-refractivity contribution in [3.8, 4) is 10.6 Å². The second-order valence-electron chi connectivity index (χ2n) is 7.63. The molecule has 0 spiro atoms. The summed E-state index contributed by atoms with van der Waals surface area (Å²) in [6.45, 7) is 8.88. The lowest BCUT2D eigenvalue weighted by molar-refractivity contribution is 0.0229. The minimum Gasteiger partial charge on any atom is -0.379 e. The van der Waals surface area contributed by atoms with Crippen molar-refractivity contribution >= 4 is 28.6 Å². The molecule has 158 valence electrons. The Hall–Kier alpha value is -2.06. The molecule has 4 rings (SSSR count). The number of hydrogen-bond donors (Lipinski definition) is 0. The number of aryl methyl sites for hydroxylation is 1. The van der Waals surface area contributed by atoms with E-state index in [1.807, 2.05) is 35.4 Å². The van der Waals surface area contributed by atoms with Gasteiger partial charge in [-0.2, -0.15) is 11.3 Å². The van der Waals surface area contributed by atoms with E-state index in [0.29, 0.717) is 6.54 Å². The van der Waals surface area contributed by atoms with E-state index < -0.39 is 0 Å². The Bertz CT molecular complexity index is 950. The van der Waals surface area contributed by atoms with E-state index in [0.717, 1.165) is 59.6 Å². The van der Waals surface area contributed by atoms with Gasteiger partial charge in [-0.05, 0) is 30.9 Å². The highest BCUT2D eigenvalue weighted by molar-refractivity contribution is 7.17. The van der Waals surface area contributed by atoms with E-state index in [9.17, 15) is 4.79 Å². The van der Waals surface area contributed by atoms with Crippen LogP contribution in [0.4, 0.5) is 0 Å². The number of ether oxygens (including phenoxy) is 1. The van der Waals surface area contributed by atoms with Gasteiger partial charge in [0.05, 0.1) is 18.9 Å². The van der Waals surface area contributed by atoms with Crippen molar-refractivity contribution < 1.29 is 9.53 Å². The Labute approximate surface area is 185 Å². The zero-order valence-electron chi connectivity index (χ0n) is 17.4. The molecule has 2 aromatic heterocycles. The number of amides is 1. The lowest BCUT2D eigenvalue weighted by atomic mass is 10.1. The van der Waals surface area contributed by atoms with Gasteiger partial charge < -0.3 is 9.64 Å². The summed E-state index contributed by atoms with van der Waals surface area (Å²) in [5.74, 6) is 0.0658. The van der Waals surface area contributed by atoms with Crippen molar-refractivity contribution in [1.29, 1.82) is 0 Å². The first-order valence-corrected chi connectivity index (χ1v) is 12.0. The molecular formula is C23H27N3O2S2. The topological polar surface area (TPSA) is 45.7 Å². The highest BCUT2D eigenvalue weighted by Crippen LogP contribution is 2.31. The van der Waals surface area contributed by atoms with Gasteiger partial charge in [-0.15, -0.1) is 11.3 Å². The van der Waals surface area contributed by atoms with Crippen LogP contribution in [0.25, 0.3) is 10.6 Å². The Morgan fingerprint density at radius 1 is 1.23 bits per heavy atom. The van der Waals surface area contributed by atoms with E-state index >= 15 is 0 Å². The molecule has 30 heavy (non-hydrogen) atoms. The number of thiazole rings is 1. The summed E-state index contributed by atoms with van der Waals surface area (Å²) >= 11 is 3.14. The SMILES string of the molecule is Cc1nc(-c2ccsc2)sc1C(=O)N(Cc1ccccc1)C(C)CN1CCOCC1. The molecule has 0 bridgehead atoms. The van der Waals surface area contributed by atoms with Crippen LogP contribution in [-0.4, -0.2) is 59.6 Å². The number of carbonyl (C=O) groups excluding carboxylic acids is 1. The highest BCUT2D eigenvalue weighted by Gasteiger charge is 2.27. The first-order valence-electron chi connectivity index (χ1n) is 10.3. The number of carbonyl (C=O) groups is 1. The molecule has 1 fully saturated rings. The van der Waals surface area contributed by atoms with E-state index in [4.69, 9.17) is 4.74 Å². The van der Waals surface area contributed by atoms with Gasteiger partial charge in [0.2, 0.25) is 0 Å². The summed E-state index contributed by atoms with van der Waals surface area (Å²) in [5.41, 5.74) is 3.03. The van der Waals surface area contributed by atoms with Crippen molar-refractivity contribution in [2.45, 2.75) is 26.4 Å². The molecule has 1 aliphatic rings. The zero-order valence-corrected chi connectivity index (χ0v) is 19.0. The van der Waals surface area contributed by atoms with Crippen LogP contribution in [0.2, 0.25) is 0 Å². The molecule has 1 unspecified atom stereocenters. The Kier molecular flexibility index (Phi) is 6.94. The number of thiophene rings is 1. The fourth-order valence-corrected chi connectivity index (χ4v) is 5.43. The third kappa shape index (κ3) is 4.98. The first kappa shape index (κ1) is 21.2. The maximum Gasteiger partial charge on any atom is 0.266 e. The van der Waals surface area contributed by atoms with Gasteiger partial charge >= 0.3 is 0 Å². The molecule has 1 saturated heterocycles. The first-order chi connectivity index (χ1) is 14.6. The molecule has 0 N–H and O–H groups in total. The quantitative estimate of drug-likeness (QED) is 0.540. The predicted octanol–water partition coefficient (Wildman–Crippen LogP) is 4.54. The lowest BCUT2D eigenvalue weighted by Crippen LogP contribution is -2.47. The highest BCUT2D eigenvalue weighted by atomic mass is 32.1. The summed E-state index contributed by atoms with van der Waals surface area (Å²) in [7, 11) is 0. The number of aromatic nitrogens is 1. The maximum atomic E-state index is 13.7. The molecule has 3 aromatic rings. The van der Waals surface area contributed by atoms with Crippen LogP contribution in [0, 0.1) is 6.92 Å². The number of rotatable bonds is 7. The van der Waals surface area contributed by atoms with Crippen LogP contribution in [0.1, 0.15) is 27.9 Å². The standard InChI is InChI=1S/C23H27N3O2S2/c1-17(14-25-9-11-28-12-10-25)26(15-19-6-4-3-5-7-19)23(27)21-18(2)24-22(30-21)20-8-13-29-16-20/h3-8,13,16-17H,9-12,14-15H2,1-2H3. The van der Waals surface area contributed by atoms with E-state index in [1.165, 1.54) is 11.3 Å². The van der Waals surface area contributed by atoms with Gasteiger partial charge in [-0.3, -0.25) is 9.69 Å². The van der Waals surface area contributed by atoms with Gasteiger partial charge in [0.15, 0.2) is 0 Å². The predicted molar refractivity (Wildman–Crippen MR) is 123 cm³/mol. The number of hydrogen-bond acceptors (Lipinski definition) is 6. The average molecular weight is 442 g/mol. The molecule has 1 amide bonds. The molecule has 0 aliphatic carbocycles. The average Bonchev–Trinajstić information content (AvgIpc) is 3.43. The second kappa shape index (κ2) is 9.83. The summed E-state index contributed by atoms with van der Waals surface area (Å²) in [6.07, 6.45) is 0. The van der Waals surface area contributed by atoms with E-state index in [2.05, 4.69) is 40.4 Å². The molecule has 3 heterocycles. The zero-order chi connectivity index (χ0) is 20.9. The lowest BCUT2D eigenvalue weighted by Gasteiger charge is -2.35. The number of morpholine rings is 1. The van der Waals surface area contributed by atoms with Gasteiger partial charge in [0.1, 0.15) is 9.88 Å². The molecule has 5 nitrogen and oxygen atoms in total. The molecule has 0 radical (unpaired) electrons. The third-order valence-corrected chi connectivity index (χ3v) is 7.25. The van der Waals surface area contributed by atoms with Gasteiger partial charge in [0, 0.05) is 43.2 Å². The van der Waals surface area contributed by atoms with Crippen molar-refractivity contribution in [2.24, 2.45) is 0 Å². The van der Waals surface area contributed by atoms with Gasteiger partial charge in [-0.1, -0.05) is 30.3 Å². The van der Waals surface area contributed by atoms with Crippen LogP contribution in [0.3, 0.4) is 0 Å². The molecule has 0 saturated carbocycles.